The highest BCUT2D eigenvalue weighted by Crippen LogP contribution is 2.35. The normalized spacial score (nSPS) is 27.2. The van der Waals surface area contributed by atoms with Gasteiger partial charge in [0.05, 0.1) is 0 Å². The summed E-state index contributed by atoms with van der Waals surface area (Å²) >= 11 is 4.12. The summed E-state index contributed by atoms with van der Waals surface area (Å²) in [5.74, 6) is 3.45. The minimum absolute atomic E-state index is 0.730. The molecule has 0 aliphatic heterocycles. The smallest absolute Gasteiger partial charge is 0.195 e. The van der Waals surface area contributed by atoms with E-state index in [1.54, 1.807) is 0 Å². The van der Waals surface area contributed by atoms with E-state index in [1.165, 1.54) is 57.8 Å². The average Bonchev–Trinajstić information content (AvgIpc) is 2.52. The van der Waals surface area contributed by atoms with Crippen molar-refractivity contribution >= 4 is 36.3 Å². The molecule has 144 valence electrons. The van der Waals surface area contributed by atoms with Crippen molar-refractivity contribution in [2.45, 2.75) is 121 Å². The Morgan fingerprint density at radius 2 is 0.960 bits per heavy atom. The first kappa shape index (κ1) is 23.9. The lowest BCUT2D eigenvalue weighted by Crippen LogP contribution is -2.13. The van der Waals surface area contributed by atoms with Gasteiger partial charge in [-0.25, -0.2) is 23.2 Å². The molecule has 0 saturated heterocycles. The second kappa shape index (κ2) is 13.9. The molecule has 3 atom stereocenters. The van der Waals surface area contributed by atoms with E-state index in [0.29, 0.717) is 0 Å². The third-order valence-corrected chi connectivity index (χ3v) is 7.65. The molecule has 1 saturated carbocycles. The van der Waals surface area contributed by atoms with E-state index >= 15 is 0 Å². The Hall–Kier alpha value is 0.830. The van der Waals surface area contributed by atoms with Gasteiger partial charge in [-0.3, -0.25) is 0 Å². The monoisotopic (exact) mass is 380 g/mol. The fourth-order valence-corrected chi connectivity index (χ4v) is 5.45. The summed E-state index contributed by atoms with van der Waals surface area (Å²) in [6, 6.07) is 0. The summed E-state index contributed by atoms with van der Waals surface area (Å²) in [5, 5.41) is 1.46. The van der Waals surface area contributed by atoms with E-state index in [-0.39, 0.29) is 0 Å². The fraction of sp³-hybridized carbons (Fsp3) is 1.00. The van der Waals surface area contributed by atoms with Gasteiger partial charge in [0.25, 0.3) is 0 Å². The summed E-state index contributed by atoms with van der Waals surface area (Å²) in [6.45, 7) is 19.3. The predicted molar refractivity (Wildman–Crippen MR) is 124 cm³/mol. The Morgan fingerprint density at radius 1 is 0.600 bits per heavy atom. The van der Waals surface area contributed by atoms with Crippen LogP contribution in [0.1, 0.15) is 99.3 Å². The molecule has 0 aromatic rings. The lowest BCUT2D eigenvalue weighted by atomic mass is 9.72. The van der Waals surface area contributed by atoms with Gasteiger partial charge >= 0.3 is 0 Å². The molecule has 1 aliphatic carbocycles. The van der Waals surface area contributed by atoms with Crippen molar-refractivity contribution in [1.29, 1.82) is 0 Å². The molecule has 0 spiro atoms. The van der Waals surface area contributed by atoms with Crippen LogP contribution in [0.2, 0.25) is 11.6 Å². The average molecular weight is 380 g/mol. The molecular formula is C21H42B2S2. The van der Waals surface area contributed by atoms with E-state index in [2.05, 4.69) is 77.9 Å². The van der Waals surface area contributed by atoms with Gasteiger partial charge in [-0.15, -0.1) is 0 Å². The Labute approximate surface area is 169 Å². The topological polar surface area (TPSA) is 0 Å². The SMILES string of the molecule is CC(C)S[B][C@@H]1CCCC(C(C)C)CCC[C@H]([B]SC(C)C)CCC1. The van der Waals surface area contributed by atoms with E-state index in [1.807, 2.05) is 0 Å². The molecule has 0 bridgehead atoms. The van der Waals surface area contributed by atoms with Crippen LogP contribution in [0.25, 0.3) is 0 Å². The number of hydrogen-bond donors (Lipinski definition) is 0. The minimum Gasteiger partial charge on any atom is -0.215 e. The molecule has 0 heterocycles. The molecule has 0 amide bonds. The Kier molecular flexibility index (Phi) is 13.3. The van der Waals surface area contributed by atoms with Gasteiger partial charge < -0.3 is 0 Å². The van der Waals surface area contributed by atoms with Gasteiger partial charge in [0.1, 0.15) is 0 Å². The Bertz CT molecular complexity index is 295. The van der Waals surface area contributed by atoms with E-state index in [4.69, 9.17) is 0 Å². The van der Waals surface area contributed by atoms with E-state index < -0.39 is 0 Å². The maximum atomic E-state index is 2.59. The third kappa shape index (κ3) is 12.0. The zero-order chi connectivity index (χ0) is 18.7. The van der Waals surface area contributed by atoms with Crippen molar-refractivity contribution in [3.63, 3.8) is 0 Å². The van der Waals surface area contributed by atoms with Gasteiger partial charge in [0.2, 0.25) is 0 Å². The van der Waals surface area contributed by atoms with Crippen molar-refractivity contribution in [2.24, 2.45) is 11.8 Å². The first-order chi connectivity index (χ1) is 11.9. The van der Waals surface area contributed by atoms with Gasteiger partial charge in [0.15, 0.2) is 13.1 Å². The van der Waals surface area contributed by atoms with Crippen LogP contribution in [-0.4, -0.2) is 23.6 Å². The maximum absolute atomic E-state index is 2.59. The quantitative estimate of drug-likeness (QED) is 0.412. The molecule has 2 radical (unpaired) electrons. The molecule has 25 heavy (non-hydrogen) atoms. The van der Waals surface area contributed by atoms with E-state index in [0.717, 1.165) is 34.0 Å². The summed E-state index contributed by atoms with van der Waals surface area (Å²) < 4.78 is 0. The summed E-state index contributed by atoms with van der Waals surface area (Å²) in [6.07, 6.45) is 12.8. The van der Waals surface area contributed by atoms with Crippen LogP contribution >= 0.6 is 23.2 Å². The molecule has 1 fully saturated rings. The lowest BCUT2D eigenvalue weighted by Gasteiger charge is -2.26. The summed E-state index contributed by atoms with van der Waals surface area (Å²) in [5.41, 5.74) is 0. The van der Waals surface area contributed by atoms with Gasteiger partial charge in [-0.05, 0) is 22.3 Å². The maximum Gasteiger partial charge on any atom is 0.195 e. The Balaban J connectivity index is 2.59. The van der Waals surface area contributed by atoms with Crippen molar-refractivity contribution in [3.05, 3.63) is 0 Å². The first-order valence-corrected chi connectivity index (χ1v) is 12.7. The number of rotatable bonds is 7. The molecule has 0 nitrogen and oxygen atoms in total. The minimum atomic E-state index is 0.730. The molecular weight excluding hydrogens is 338 g/mol. The molecule has 1 rings (SSSR count). The highest BCUT2D eigenvalue weighted by Gasteiger charge is 2.20. The van der Waals surface area contributed by atoms with Gasteiger partial charge in [0, 0.05) is 0 Å². The Morgan fingerprint density at radius 3 is 1.28 bits per heavy atom. The van der Waals surface area contributed by atoms with Crippen LogP contribution in [0.5, 0.6) is 0 Å². The first-order valence-electron chi connectivity index (χ1n) is 10.9. The standard InChI is InChI=1S/C21H42B2S2/c1-16(2)19-10-7-12-20(22-24-17(3)4)14-9-15-21(13-8-11-19)23-25-18(5)6/h16-21H,7-15H2,1-6H3/t19?,20-,21+. The fourth-order valence-electron chi connectivity index (χ4n) is 3.84. The van der Waals surface area contributed by atoms with Crippen molar-refractivity contribution < 1.29 is 0 Å². The van der Waals surface area contributed by atoms with Crippen LogP contribution in [0.4, 0.5) is 0 Å². The van der Waals surface area contributed by atoms with E-state index in [9.17, 15) is 0 Å². The van der Waals surface area contributed by atoms with Crippen LogP contribution in [0.15, 0.2) is 0 Å². The second-order valence-electron chi connectivity index (χ2n) is 8.96. The van der Waals surface area contributed by atoms with Crippen LogP contribution in [-0.2, 0) is 0 Å². The highest BCUT2D eigenvalue weighted by molar-refractivity contribution is 8.23. The van der Waals surface area contributed by atoms with Crippen LogP contribution < -0.4 is 0 Å². The molecule has 1 unspecified atom stereocenters. The summed E-state index contributed by atoms with van der Waals surface area (Å²) in [7, 11) is 0. The summed E-state index contributed by atoms with van der Waals surface area (Å²) in [4.78, 5) is 0. The van der Waals surface area contributed by atoms with Gasteiger partial charge in [-0.1, -0.05) is 111 Å². The van der Waals surface area contributed by atoms with Crippen LogP contribution in [0.3, 0.4) is 0 Å². The molecule has 0 aromatic carbocycles. The number of hydrogen-bond acceptors (Lipinski definition) is 2. The second-order valence-corrected chi connectivity index (χ2v) is 11.9. The molecule has 4 heteroatoms. The van der Waals surface area contributed by atoms with Crippen molar-refractivity contribution in [3.8, 4) is 0 Å². The zero-order valence-electron chi connectivity index (χ0n) is 17.8. The molecule has 1 aliphatic rings. The largest absolute Gasteiger partial charge is 0.215 e. The third-order valence-electron chi connectivity index (χ3n) is 5.48. The lowest BCUT2D eigenvalue weighted by molar-refractivity contribution is 0.310. The highest BCUT2D eigenvalue weighted by atomic mass is 32.2. The van der Waals surface area contributed by atoms with Crippen molar-refractivity contribution in [2.75, 3.05) is 0 Å². The molecule has 0 aromatic heterocycles. The predicted octanol–water partition coefficient (Wildman–Crippen LogP) is 7.88. The van der Waals surface area contributed by atoms with Gasteiger partial charge in [-0.2, -0.15) is 0 Å². The van der Waals surface area contributed by atoms with Crippen LogP contribution in [0, 0.1) is 11.8 Å². The molecule has 0 N–H and O–H groups in total. The van der Waals surface area contributed by atoms with Crippen molar-refractivity contribution in [1.82, 2.24) is 0 Å². The zero-order valence-corrected chi connectivity index (χ0v) is 19.4.